The number of anilines is 2. The minimum atomic E-state index is -0.0529. The van der Waals surface area contributed by atoms with E-state index in [2.05, 4.69) is 27.6 Å². The lowest BCUT2D eigenvalue weighted by molar-refractivity contribution is 0.0676. The van der Waals surface area contributed by atoms with Crippen LogP contribution in [-0.2, 0) is 0 Å². The molecule has 0 bridgehead atoms. The molecular weight excluding hydrogens is 282 g/mol. The number of aryl methyl sites for hydroxylation is 1. The molecule has 1 unspecified atom stereocenters. The van der Waals surface area contributed by atoms with Crippen LogP contribution in [0.25, 0.3) is 0 Å². The fourth-order valence-electron chi connectivity index (χ4n) is 2.61. The Morgan fingerprint density at radius 3 is 2.86 bits per heavy atom. The fraction of sp³-hybridized carbons (Fsp3) is 0.467. The summed E-state index contributed by atoms with van der Waals surface area (Å²) in [6.45, 7) is 5.56. The van der Waals surface area contributed by atoms with Crippen LogP contribution < -0.4 is 5.32 Å². The van der Waals surface area contributed by atoms with Gasteiger partial charge in [0, 0.05) is 19.2 Å². The summed E-state index contributed by atoms with van der Waals surface area (Å²) in [7, 11) is 0. The van der Waals surface area contributed by atoms with Crippen molar-refractivity contribution < 1.29 is 9.32 Å². The number of hydrogen-bond acceptors (Lipinski definition) is 6. The molecule has 1 atom stereocenters. The second-order valence-corrected chi connectivity index (χ2v) is 5.75. The molecule has 0 saturated carbocycles. The minimum Gasteiger partial charge on any atom is -0.360 e. The van der Waals surface area contributed by atoms with Crippen molar-refractivity contribution >= 4 is 17.5 Å². The van der Waals surface area contributed by atoms with Gasteiger partial charge in [-0.05, 0) is 37.8 Å². The van der Waals surface area contributed by atoms with Gasteiger partial charge in [0.15, 0.2) is 17.3 Å². The summed E-state index contributed by atoms with van der Waals surface area (Å²) in [4.78, 5) is 14.2. The summed E-state index contributed by atoms with van der Waals surface area (Å²) in [5.74, 6) is 2.29. The first kappa shape index (κ1) is 14.5. The molecule has 7 nitrogen and oxygen atoms in total. The van der Waals surface area contributed by atoms with E-state index in [0.29, 0.717) is 29.0 Å². The van der Waals surface area contributed by atoms with Crippen molar-refractivity contribution in [1.29, 1.82) is 0 Å². The first-order valence-electron chi connectivity index (χ1n) is 7.45. The number of likely N-dealkylation sites (tertiary alicyclic amines) is 1. The quantitative estimate of drug-likeness (QED) is 0.937. The smallest absolute Gasteiger partial charge is 0.274 e. The Hall–Kier alpha value is -2.44. The van der Waals surface area contributed by atoms with Crippen LogP contribution in [-0.4, -0.2) is 39.3 Å². The van der Waals surface area contributed by atoms with Crippen molar-refractivity contribution in [2.24, 2.45) is 5.92 Å². The van der Waals surface area contributed by atoms with E-state index in [1.807, 2.05) is 11.8 Å². The molecule has 116 valence electrons. The third kappa shape index (κ3) is 3.24. The number of hydrogen-bond donors (Lipinski definition) is 1. The minimum absolute atomic E-state index is 0.0529. The fourth-order valence-corrected chi connectivity index (χ4v) is 2.61. The lowest BCUT2D eigenvalue weighted by Gasteiger charge is -2.30. The summed E-state index contributed by atoms with van der Waals surface area (Å²) in [6, 6.07) is 5.16. The number of nitrogens with zero attached hydrogens (tertiary/aromatic N) is 4. The van der Waals surface area contributed by atoms with Crippen molar-refractivity contribution in [2.75, 3.05) is 18.4 Å². The highest BCUT2D eigenvalue weighted by molar-refractivity contribution is 5.92. The zero-order valence-electron chi connectivity index (χ0n) is 12.7. The predicted molar refractivity (Wildman–Crippen MR) is 80.9 cm³/mol. The van der Waals surface area contributed by atoms with Gasteiger partial charge in [0.05, 0.1) is 0 Å². The highest BCUT2D eigenvalue weighted by Gasteiger charge is 2.23. The van der Waals surface area contributed by atoms with Gasteiger partial charge in [-0.1, -0.05) is 12.1 Å². The molecule has 1 aliphatic rings. The summed E-state index contributed by atoms with van der Waals surface area (Å²) >= 11 is 0. The number of nitrogens with one attached hydrogen (secondary N) is 1. The molecule has 2 aromatic heterocycles. The van der Waals surface area contributed by atoms with E-state index in [9.17, 15) is 4.79 Å². The molecule has 1 fully saturated rings. The average Bonchev–Trinajstić information content (AvgIpc) is 2.92. The Morgan fingerprint density at radius 2 is 2.23 bits per heavy atom. The molecule has 7 heteroatoms. The predicted octanol–water partition coefficient (Wildman–Crippen LogP) is 2.39. The number of carbonyl (C=O) groups is 1. The zero-order valence-corrected chi connectivity index (χ0v) is 12.7. The van der Waals surface area contributed by atoms with Gasteiger partial charge >= 0.3 is 0 Å². The van der Waals surface area contributed by atoms with Gasteiger partial charge in [-0.2, -0.15) is 0 Å². The van der Waals surface area contributed by atoms with Crippen LogP contribution in [0.1, 0.15) is 36.0 Å². The first-order chi connectivity index (χ1) is 10.6. The lowest BCUT2D eigenvalue weighted by atomic mass is 10.00. The summed E-state index contributed by atoms with van der Waals surface area (Å²) in [6.07, 6.45) is 2.22. The highest BCUT2D eigenvalue weighted by atomic mass is 16.5. The van der Waals surface area contributed by atoms with Crippen LogP contribution >= 0.6 is 0 Å². The van der Waals surface area contributed by atoms with Crippen molar-refractivity contribution in [3.63, 3.8) is 0 Å². The first-order valence-corrected chi connectivity index (χ1v) is 7.45. The molecule has 2 aromatic rings. The molecule has 0 spiro atoms. The van der Waals surface area contributed by atoms with Crippen LogP contribution in [0.4, 0.5) is 11.6 Å². The van der Waals surface area contributed by atoms with Crippen LogP contribution in [0.3, 0.4) is 0 Å². The van der Waals surface area contributed by atoms with Gasteiger partial charge in [0.2, 0.25) is 0 Å². The second-order valence-electron chi connectivity index (χ2n) is 5.75. The third-order valence-electron chi connectivity index (χ3n) is 3.71. The Labute approximate surface area is 128 Å². The Balaban J connectivity index is 1.67. The van der Waals surface area contributed by atoms with E-state index in [1.54, 1.807) is 18.2 Å². The zero-order chi connectivity index (χ0) is 15.5. The lowest BCUT2D eigenvalue weighted by Crippen LogP contribution is -2.39. The maximum atomic E-state index is 12.4. The number of amides is 1. The second kappa shape index (κ2) is 6.13. The molecule has 1 N–H and O–H groups in total. The standard InChI is InChI=1S/C15H19N5O2/c1-10-4-3-7-20(9-10)15(21)12-5-6-13(18-17-12)16-14-8-11(2)22-19-14/h5-6,8,10H,3-4,7,9H2,1-2H3,(H,16,18,19). The Bertz CT molecular complexity index is 652. The molecule has 3 heterocycles. The van der Waals surface area contributed by atoms with E-state index in [0.717, 1.165) is 19.5 Å². The maximum Gasteiger partial charge on any atom is 0.274 e. The molecule has 1 saturated heterocycles. The van der Waals surface area contributed by atoms with Crippen LogP contribution in [0.5, 0.6) is 0 Å². The molecule has 0 radical (unpaired) electrons. The van der Waals surface area contributed by atoms with Gasteiger partial charge < -0.3 is 14.7 Å². The number of rotatable bonds is 3. The molecule has 0 aromatic carbocycles. The van der Waals surface area contributed by atoms with Crippen LogP contribution in [0.2, 0.25) is 0 Å². The number of piperidine rings is 1. The molecule has 22 heavy (non-hydrogen) atoms. The topological polar surface area (TPSA) is 84.2 Å². The van der Waals surface area contributed by atoms with Crippen LogP contribution in [0, 0.1) is 12.8 Å². The van der Waals surface area contributed by atoms with Crippen molar-refractivity contribution in [3.8, 4) is 0 Å². The summed E-state index contributed by atoms with van der Waals surface area (Å²) in [5.41, 5.74) is 0.371. The van der Waals surface area contributed by atoms with Gasteiger partial charge in [-0.3, -0.25) is 4.79 Å². The maximum absolute atomic E-state index is 12.4. The summed E-state index contributed by atoms with van der Waals surface area (Å²) in [5, 5.41) is 14.8. The summed E-state index contributed by atoms with van der Waals surface area (Å²) < 4.78 is 4.97. The SMILES string of the molecule is Cc1cc(Nc2ccc(C(=O)N3CCCC(C)C3)nn2)no1. The Kier molecular flexibility index (Phi) is 4.04. The van der Waals surface area contributed by atoms with E-state index >= 15 is 0 Å². The van der Waals surface area contributed by atoms with E-state index < -0.39 is 0 Å². The van der Waals surface area contributed by atoms with Gasteiger partial charge in [0.25, 0.3) is 5.91 Å². The third-order valence-corrected chi connectivity index (χ3v) is 3.71. The molecular formula is C15H19N5O2. The average molecular weight is 301 g/mol. The normalized spacial score (nSPS) is 18.3. The number of aromatic nitrogens is 3. The Morgan fingerprint density at radius 1 is 1.36 bits per heavy atom. The van der Waals surface area contributed by atoms with Gasteiger partial charge in [-0.25, -0.2) is 0 Å². The highest BCUT2D eigenvalue weighted by Crippen LogP contribution is 2.18. The van der Waals surface area contributed by atoms with Crippen molar-refractivity contribution in [1.82, 2.24) is 20.3 Å². The van der Waals surface area contributed by atoms with E-state index in [1.165, 1.54) is 6.42 Å². The van der Waals surface area contributed by atoms with Crippen LogP contribution in [0.15, 0.2) is 22.7 Å². The molecule has 1 aliphatic heterocycles. The van der Waals surface area contributed by atoms with Crippen molar-refractivity contribution in [3.05, 3.63) is 29.7 Å². The number of carbonyl (C=O) groups excluding carboxylic acids is 1. The molecule has 0 aliphatic carbocycles. The monoisotopic (exact) mass is 301 g/mol. The van der Waals surface area contributed by atoms with E-state index in [-0.39, 0.29) is 5.91 Å². The molecule has 1 amide bonds. The van der Waals surface area contributed by atoms with Gasteiger partial charge in [0.1, 0.15) is 5.76 Å². The van der Waals surface area contributed by atoms with Crippen molar-refractivity contribution in [2.45, 2.75) is 26.7 Å². The molecule has 3 rings (SSSR count). The van der Waals surface area contributed by atoms with E-state index in [4.69, 9.17) is 4.52 Å². The largest absolute Gasteiger partial charge is 0.360 e. The van der Waals surface area contributed by atoms with Gasteiger partial charge in [-0.15, -0.1) is 10.2 Å².